The largest absolute Gasteiger partial charge is 0.467 e. The van der Waals surface area contributed by atoms with Gasteiger partial charge in [-0.25, -0.2) is 9.18 Å². The number of carbonyl (C=O) groups excluding carboxylic acids is 1. The zero-order valence-electron chi connectivity index (χ0n) is 10.7. The Morgan fingerprint density at radius 1 is 1.61 bits per heavy atom. The SMILES string of the molecule is COC(=O)C(C)(O)CN[C@H](C)c1cccc(F)c1. The van der Waals surface area contributed by atoms with E-state index in [1.807, 2.05) is 6.92 Å². The van der Waals surface area contributed by atoms with Crippen LogP contribution in [0.1, 0.15) is 25.5 Å². The third kappa shape index (κ3) is 3.78. The number of benzene rings is 1. The van der Waals surface area contributed by atoms with Crippen LogP contribution in [0, 0.1) is 5.82 Å². The number of aliphatic hydroxyl groups is 1. The lowest BCUT2D eigenvalue weighted by Gasteiger charge is -2.23. The molecule has 100 valence electrons. The number of ether oxygens (including phenoxy) is 1. The molecule has 0 radical (unpaired) electrons. The van der Waals surface area contributed by atoms with Gasteiger partial charge >= 0.3 is 5.97 Å². The summed E-state index contributed by atoms with van der Waals surface area (Å²) in [6, 6.07) is 5.97. The molecule has 0 amide bonds. The molecule has 2 atom stereocenters. The number of methoxy groups -OCH3 is 1. The second-order valence-electron chi connectivity index (χ2n) is 4.42. The highest BCUT2D eigenvalue weighted by Crippen LogP contribution is 2.14. The van der Waals surface area contributed by atoms with Crippen molar-refractivity contribution < 1.29 is 19.0 Å². The molecule has 0 aliphatic rings. The Morgan fingerprint density at radius 3 is 2.83 bits per heavy atom. The molecule has 1 rings (SSSR count). The van der Waals surface area contributed by atoms with Gasteiger partial charge in [0.05, 0.1) is 7.11 Å². The van der Waals surface area contributed by atoms with E-state index in [1.54, 1.807) is 12.1 Å². The zero-order valence-corrected chi connectivity index (χ0v) is 10.7. The first-order valence-corrected chi connectivity index (χ1v) is 5.66. The molecule has 0 fully saturated rings. The van der Waals surface area contributed by atoms with E-state index in [9.17, 15) is 14.3 Å². The number of esters is 1. The molecule has 0 aliphatic carbocycles. The minimum Gasteiger partial charge on any atom is -0.467 e. The molecule has 18 heavy (non-hydrogen) atoms. The molecule has 0 heterocycles. The van der Waals surface area contributed by atoms with Crippen molar-refractivity contribution in [3.05, 3.63) is 35.6 Å². The molecule has 1 aromatic rings. The summed E-state index contributed by atoms with van der Waals surface area (Å²) in [5, 5.41) is 12.8. The maximum Gasteiger partial charge on any atom is 0.338 e. The number of nitrogens with one attached hydrogen (secondary N) is 1. The summed E-state index contributed by atoms with van der Waals surface area (Å²) in [5.41, 5.74) is -0.855. The lowest BCUT2D eigenvalue weighted by molar-refractivity contribution is -0.160. The third-order valence-corrected chi connectivity index (χ3v) is 2.73. The second kappa shape index (κ2) is 5.93. The topological polar surface area (TPSA) is 58.6 Å². The molecule has 0 spiro atoms. The van der Waals surface area contributed by atoms with Gasteiger partial charge in [-0.05, 0) is 31.5 Å². The lowest BCUT2D eigenvalue weighted by Crippen LogP contribution is -2.46. The number of halogens is 1. The number of hydrogen-bond donors (Lipinski definition) is 2. The van der Waals surface area contributed by atoms with E-state index in [0.717, 1.165) is 5.56 Å². The molecule has 1 unspecified atom stereocenters. The predicted molar refractivity (Wildman–Crippen MR) is 65.5 cm³/mol. The van der Waals surface area contributed by atoms with E-state index < -0.39 is 11.6 Å². The van der Waals surface area contributed by atoms with Crippen molar-refractivity contribution in [1.29, 1.82) is 0 Å². The van der Waals surface area contributed by atoms with Gasteiger partial charge in [0.15, 0.2) is 5.60 Å². The van der Waals surface area contributed by atoms with Crippen molar-refractivity contribution in [2.24, 2.45) is 0 Å². The molecule has 5 heteroatoms. The molecule has 2 N–H and O–H groups in total. The molecule has 0 saturated heterocycles. The Hall–Kier alpha value is -1.46. The van der Waals surface area contributed by atoms with Gasteiger partial charge in [0.2, 0.25) is 0 Å². The second-order valence-corrected chi connectivity index (χ2v) is 4.42. The fourth-order valence-electron chi connectivity index (χ4n) is 1.54. The van der Waals surface area contributed by atoms with E-state index in [1.165, 1.54) is 26.2 Å². The van der Waals surface area contributed by atoms with Gasteiger partial charge in [-0.3, -0.25) is 0 Å². The summed E-state index contributed by atoms with van der Waals surface area (Å²) in [6.07, 6.45) is 0. The number of hydrogen-bond acceptors (Lipinski definition) is 4. The van der Waals surface area contributed by atoms with Crippen LogP contribution >= 0.6 is 0 Å². The third-order valence-electron chi connectivity index (χ3n) is 2.73. The minimum atomic E-state index is -1.60. The van der Waals surface area contributed by atoms with Crippen LogP contribution in [0.4, 0.5) is 4.39 Å². The van der Waals surface area contributed by atoms with Crippen LogP contribution in [-0.4, -0.2) is 30.3 Å². The Balaban J connectivity index is 2.61. The summed E-state index contributed by atoms with van der Waals surface area (Å²) in [4.78, 5) is 11.3. The molecule has 0 aromatic heterocycles. The van der Waals surface area contributed by atoms with Crippen molar-refractivity contribution in [2.75, 3.05) is 13.7 Å². The van der Waals surface area contributed by atoms with Gasteiger partial charge < -0.3 is 15.2 Å². The van der Waals surface area contributed by atoms with E-state index in [4.69, 9.17) is 0 Å². The maximum atomic E-state index is 13.0. The van der Waals surface area contributed by atoms with Gasteiger partial charge in [0.25, 0.3) is 0 Å². The Morgan fingerprint density at radius 2 is 2.28 bits per heavy atom. The van der Waals surface area contributed by atoms with Crippen molar-refractivity contribution in [1.82, 2.24) is 5.32 Å². The Bertz CT molecular complexity index is 420. The average molecular weight is 255 g/mol. The standard InChI is InChI=1S/C13H18FNO3/c1-9(10-5-4-6-11(14)7-10)15-8-13(2,17)12(16)18-3/h4-7,9,15,17H,8H2,1-3H3/t9-,13?/m1/s1. The molecule has 0 aliphatic heterocycles. The first-order chi connectivity index (χ1) is 8.36. The minimum absolute atomic E-state index is 0.0252. The maximum absolute atomic E-state index is 13.0. The summed E-state index contributed by atoms with van der Waals surface area (Å²) in [6.45, 7) is 3.21. The first kappa shape index (κ1) is 14.6. The van der Waals surface area contributed by atoms with Crippen molar-refractivity contribution >= 4 is 5.97 Å². The van der Waals surface area contributed by atoms with E-state index in [0.29, 0.717) is 0 Å². The normalized spacial score (nSPS) is 15.8. The van der Waals surface area contributed by atoms with Crippen LogP contribution in [0.5, 0.6) is 0 Å². The van der Waals surface area contributed by atoms with Crippen molar-refractivity contribution in [3.8, 4) is 0 Å². The van der Waals surface area contributed by atoms with E-state index >= 15 is 0 Å². The van der Waals surface area contributed by atoms with E-state index in [-0.39, 0.29) is 18.4 Å². The summed E-state index contributed by atoms with van der Waals surface area (Å²) in [5.74, 6) is -1.03. The first-order valence-electron chi connectivity index (χ1n) is 5.66. The van der Waals surface area contributed by atoms with Crippen LogP contribution in [-0.2, 0) is 9.53 Å². The summed E-state index contributed by atoms with van der Waals surface area (Å²) < 4.78 is 17.5. The Labute approximate surface area is 106 Å². The van der Waals surface area contributed by atoms with Crippen LogP contribution in [0.25, 0.3) is 0 Å². The lowest BCUT2D eigenvalue weighted by atomic mass is 10.0. The van der Waals surface area contributed by atoms with Gasteiger partial charge in [-0.1, -0.05) is 12.1 Å². The quantitative estimate of drug-likeness (QED) is 0.781. The van der Waals surface area contributed by atoms with Gasteiger partial charge in [0, 0.05) is 12.6 Å². The highest BCUT2D eigenvalue weighted by atomic mass is 19.1. The fourth-order valence-corrected chi connectivity index (χ4v) is 1.54. The van der Waals surface area contributed by atoms with Gasteiger partial charge in [-0.15, -0.1) is 0 Å². The summed E-state index contributed by atoms with van der Waals surface area (Å²) in [7, 11) is 1.22. The highest BCUT2D eigenvalue weighted by Gasteiger charge is 2.31. The van der Waals surface area contributed by atoms with Crippen LogP contribution < -0.4 is 5.32 Å². The van der Waals surface area contributed by atoms with Crippen molar-refractivity contribution in [3.63, 3.8) is 0 Å². The smallest absolute Gasteiger partial charge is 0.338 e. The Kier molecular flexibility index (Phi) is 4.81. The predicted octanol–water partition coefficient (Wildman–Crippen LogP) is 1.40. The van der Waals surface area contributed by atoms with Crippen molar-refractivity contribution in [2.45, 2.75) is 25.5 Å². The van der Waals surface area contributed by atoms with Gasteiger partial charge in [-0.2, -0.15) is 0 Å². The molecule has 1 aromatic carbocycles. The number of carbonyl (C=O) groups is 1. The monoisotopic (exact) mass is 255 g/mol. The molecule has 0 bridgehead atoms. The van der Waals surface area contributed by atoms with E-state index in [2.05, 4.69) is 10.1 Å². The average Bonchev–Trinajstić information content (AvgIpc) is 2.35. The molecular formula is C13H18FNO3. The molecule has 0 saturated carbocycles. The molecule has 4 nitrogen and oxygen atoms in total. The highest BCUT2D eigenvalue weighted by molar-refractivity contribution is 5.78. The van der Waals surface area contributed by atoms with Crippen LogP contribution in [0.2, 0.25) is 0 Å². The number of rotatable bonds is 5. The fraction of sp³-hybridized carbons (Fsp3) is 0.462. The molecular weight excluding hydrogens is 237 g/mol. The van der Waals surface area contributed by atoms with Crippen LogP contribution in [0.3, 0.4) is 0 Å². The van der Waals surface area contributed by atoms with Crippen LogP contribution in [0.15, 0.2) is 24.3 Å². The van der Waals surface area contributed by atoms with Gasteiger partial charge in [0.1, 0.15) is 5.82 Å². The summed E-state index contributed by atoms with van der Waals surface area (Å²) >= 11 is 0. The zero-order chi connectivity index (χ0) is 13.8.